The highest BCUT2D eigenvalue weighted by Crippen LogP contribution is 2.37. The van der Waals surface area contributed by atoms with Gasteiger partial charge in [-0.2, -0.15) is 0 Å². The highest BCUT2D eigenvalue weighted by atomic mass is 16.3. The highest BCUT2D eigenvalue weighted by Gasteiger charge is 2.25. The number of aliphatic hydroxyl groups excluding tert-OH is 1. The van der Waals surface area contributed by atoms with E-state index < -0.39 is 0 Å². The van der Waals surface area contributed by atoms with Crippen LogP contribution in [-0.2, 0) is 6.42 Å². The van der Waals surface area contributed by atoms with Gasteiger partial charge in [-0.25, -0.2) is 0 Å². The van der Waals surface area contributed by atoms with Gasteiger partial charge in [0.1, 0.15) is 0 Å². The lowest BCUT2D eigenvalue weighted by Gasteiger charge is -2.28. The number of pyridine rings is 1. The molecule has 1 heterocycles. The van der Waals surface area contributed by atoms with Crippen molar-refractivity contribution in [3.63, 3.8) is 0 Å². The summed E-state index contributed by atoms with van der Waals surface area (Å²) in [6.45, 7) is 4.56. The molecule has 21 heavy (non-hydrogen) atoms. The van der Waals surface area contributed by atoms with Gasteiger partial charge in [-0.15, -0.1) is 0 Å². The molecule has 110 valence electrons. The Labute approximate surface area is 126 Å². The zero-order valence-electron chi connectivity index (χ0n) is 12.8. The Bertz CT molecular complexity index is 608. The quantitative estimate of drug-likeness (QED) is 0.883. The fourth-order valence-electron chi connectivity index (χ4n) is 3.36. The molecule has 1 aromatic carbocycles. The maximum Gasteiger partial charge on any atom is 0.0833 e. The molecule has 0 saturated carbocycles. The summed E-state index contributed by atoms with van der Waals surface area (Å²) in [5.74, 6) is 1.12. The first-order valence-electron chi connectivity index (χ1n) is 7.89. The minimum Gasteiger partial charge on any atom is -0.388 e. The number of aromatic nitrogens is 1. The molecule has 2 heteroatoms. The van der Waals surface area contributed by atoms with Crippen molar-refractivity contribution in [2.75, 3.05) is 0 Å². The number of aliphatic hydroxyl groups is 1. The minimum absolute atomic E-state index is 0.232. The largest absolute Gasteiger partial charge is 0.388 e. The third kappa shape index (κ3) is 2.86. The number of benzene rings is 1. The summed E-state index contributed by atoms with van der Waals surface area (Å²) in [4.78, 5) is 4.11. The minimum atomic E-state index is -0.232. The Morgan fingerprint density at radius 3 is 2.57 bits per heavy atom. The molecule has 0 amide bonds. The van der Waals surface area contributed by atoms with E-state index in [4.69, 9.17) is 0 Å². The monoisotopic (exact) mass is 281 g/mol. The van der Waals surface area contributed by atoms with Gasteiger partial charge in [0.2, 0.25) is 0 Å². The second kappa shape index (κ2) is 5.98. The summed E-state index contributed by atoms with van der Waals surface area (Å²) >= 11 is 0. The number of nitrogens with zero attached hydrogens (tertiary/aromatic N) is 1. The molecule has 1 N–H and O–H groups in total. The topological polar surface area (TPSA) is 33.1 Å². The summed E-state index contributed by atoms with van der Waals surface area (Å²) in [7, 11) is 0. The Balaban J connectivity index is 1.73. The molecule has 3 unspecified atom stereocenters. The second-order valence-corrected chi connectivity index (χ2v) is 6.20. The first kappa shape index (κ1) is 14.3. The van der Waals surface area contributed by atoms with Crippen LogP contribution in [0.1, 0.15) is 66.9 Å². The maximum atomic E-state index is 9.66. The van der Waals surface area contributed by atoms with Crippen LogP contribution >= 0.6 is 0 Å². The van der Waals surface area contributed by atoms with Gasteiger partial charge < -0.3 is 5.11 Å². The molecular formula is C19H23NO. The smallest absolute Gasteiger partial charge is 0.0833 e. The number of hydrogen-bond acceptors (Lipinski definition) is 2. The van der Waals surface area contributed by atoms with Crippen molar-refractivity contribution >= 4 is 0 Å². The van der Waals surface area contributed by atoms with Crippen LogP contribution in [0.25, 0.3) is 0 Å². The summed E-state index contributed by atoms with van der Waals surface area (Å²) in [5.41, 5.74) is 5.22. The van der Waals surface area contributed by atoms with Gasteiger partial charge in [-0.05, 0) is 59.1 Å². The summed E-state index contributed by atoms with van der Waals surface area (Å²) in [6, 6.07) is 10.8. The fraction of sp³-hybridized carbons (Fsp3) is 0.421. The molecule has 0 fully saturated rings. The van der Waals surface area contributed by atoms with Crippen molar-refractivity contribution in [3.05, 3.63) is 65.0 Å². The van der Waals surface area contributed by atoms with Gasteiger partial charge in [0.15, 0.2) is 0 Å². The molecule has 2 aromatic rings. The van der Waals surface area contributed by atoms with E-state index in [1.54, 1.807) is 0 Å². The first-order valence-corrected chi connectivity index (χ1v) is 7.89. The SMILES string of the molecule is CCC(CC(C)c1ccc2c(c1)CC2O)c1ccncc1. The molecule has 3 rings (SSSR count). The van der Waals surface area contributed by atoms with Crippen molar-refractivity contribution < 1.29 is 5.11 Å². The number of rotatable bonds is 5. The van der Waals surface area contributed by atoms with E-state index in [0.29, 0.717) is 11.8 Å². The predicted octanol–water partition coefficient (Wildman–Crippen LogP) is 4.36. The van der Waals surface area contributed by atoms with Gasteiger partial charge in [-0.3, -0.25) is 4.98 Å². The molecule has 0 saturated heterocycles. The molecule has 3 atom stereocenters. The molecule has 1 aliphatic rings. The zero-order chi connectivity index (χ0) is 14.8. The maximum absolute atomic E-state index is 9.66. The van der Waals surface area contributed by atoms with Crippen molar-refractivity contribution in [2.24, 2.45) is 0 Å². The van der Waals surface area contributed by atoms with Crippen LogP contribution in [0.2, 0.25) is 0 Å². The Kier molecular flexibility index (Phi) is 4.07. The van der Waals surface area contributed by atoms with E-state index in [9.17, 15) is 5.11 Å². The van der Waals surface area contributed by atoms with Gasteiger partial charge in [0.05, 0.1) is 6.10 Å². The molecule has 1 aromatic heterocycles. The standard InChI is InChI=1S/C19H23NO/c1-3-14(15-6-8-20-9-7-15)10-13(2)16-4-5-18-17(11-16)12-19(18)21/h4-9,11,13-14,19,21H,3,10,12H2,1-2H3. The average molecular weight is 281 g/mol. The predicted molar refractivity (Wildman–Crippen MR) is 85.4 cm³/mol. The molecule has 0 radical (unpaired) electrons. The normalized spacial score (nSPS) is 19.5. The molecule has 0 bridgehead atoms. The molecule has 0 aliphatic heterocycles. The van der Waals surface area contributed by atoms with Crippen molar-refractivity contribution in [1.82, 2.24) is 4.98 Å². The lowest BCUT2D eigenvalue weighted by molar-refractivity contribution is 0.153. The number of fused-ring (bicyclic) bond motifs is 1. The van der Waals surface area contributed by atoms with Crippen LogP contribution in [0.4, 0.5) is 0 Å². The van der Waals surface area contributed by atoms with Crippen molar-refractivity contribution in [1.29, 1.82) is 0 Å². The average Bonchev–Trinajstić information content (AvgIpc) is 2.51. The van der Waals surface area contributed by atoms with E-state index >= 15 is 0 Å². The van der Waals surface area contributed by atoms with Crippen LogP contribution in [0.5, 0.6) is 0 Å². The molecule has 2 nitrogen and oxygen atoms in total. The second-order valence-electron chi connectivity index (χ2n) is 6.20. The van der Waals surface area contributed by atoms with Gasteiger partial charge in [-0.1, -0.05) is 32.0 Å². The van der Waals surface area contributed by atoms with Crippen molar-refractivity contribution in [3.8, 4) is 0 Å². The van der Waals surface area contributed by atoms with Crippen molar-refractivity contribution in [2.45, 2.75) is 51.0 Å². The first-order chi connectivity index (χ1) is 10.2. The summed E-state index contributed by atoms with van der Waals surface area (Å²) < 4.78 is 0. The Hall–Kier alpha value is -1.67. The van der Waals surface area contributed by atoms with E-state index in [1.165, 1.54) is 16.7 Å². The lowest BCUT2D eigenvalue weighted by atomic mass is 9.80. The third-order valence-electron chi connectivity index (χ3n) is 4.82. The Morgan fingerprint density at radius 1 is 1.19 bits per heavy atom. The van der Waals surface area contributed by atoms with Gasteiger partial charge in [0, 0.05) is 18.8 Å². The lowest BCUT2D eigenvalue weighted by Crippen LogP contribution is -2.17. The van der Waals surface area contributed by atoms with E-state index in [0.717, 1.165) is 24.8 Å². The van der Waals surface area contributed by atoms with Crippen LogP contribution in [0, 0.1) is 0 Å². The highest BCUT2D eigenvalue weighted by molar-refractivity contribution is 5.42. The van der Waals surface area contributed by atoms with E-state index in [1.807, 2.05) is 12.4 Å². The molecule has 0 spiro atoms. The zero-order valence-corrected chi connectivity index (χ0v) is 12.8. The Morgan fingerprint density at radius 2 is 1.95 bits per heavy atom. The number of hydrogen-bond donors (Lipinski definition) is 1. The third-order valence-corrected chi connectivity index (χ3v) is 4.82. The van der Waals surface area contributed by atoms with E-state index in [2.05, 4.69) is 49.2 Å². The van der Waals surface area contributed by atoms with Crippen LogP contribution < -0.4 is 0 Å². The van der Waals surface area contributed by atoms with Crippen LogP contribution in [0.3, 0.4) is 0 Å². The molecular weight excluding hydrogens is 258 g/mol. The molecule has 1 aliphatic carbocycles. The summed E-state index contributed by atoms with van der Waals surface area (Å²) in [6.07, 6.45) is 6.66. The van der Waals surface area contributed by atoms with Gasteiger partial charge in [0.25, 0.3) is 0 Å². The van der Waals surface area contributed by atoms with Crippen LogP contribution in [0.15, 0.2) is 42.7 Å². The summed E-state index contributed by atoms with van der Waals surface area (Å²) in [5, 5.41) is 9.66. The fourth-order valence-corrected chi connectivity index (χ4v) is 3.36. The van der Waals surface area contributed by atoms with Gasteiger partial charge >= 0.3 is 0 Å². The van der Waals surface area contributed by atoms with E-state index in [-0.39, 0.29) is 6.10 Å². The van der Waals surface area contributed by atoms with Crippen LogP contribution in [-0.4, -0.2) is 10.1 Å².